The molecular formula is C24H26N4O5. The second-order valence-corrected chi connectivity index (χ2v) is 8.74. The number of non-ortho nitro benzene ring substituents is 1. The first kappa shape index (κ1) is 22.6. The van der Waals surface area contributed by atoms with E-state index in [1.54, 1.807) is 4.90 Å². The monoisotopic (exact) mass is 450 g/mol. The number of nitro benzene ring substituents is 1. The van der Waals surface area contributed by atoms with E-state index in [0.29, 0.717) is 32.1 Å². The van der Waals surface area contributed by atoms with Gasteiger partial charge in [-0.3, -0.25) is 34.3 Å². The summed E-state index contributed by atoms with van der Waals surface area (Å²) in [6, 6.07) is 12.1. The quantitative estimate of drug-likeness (QED) is 0.381. The number of piperazine rings is 1. The second kappa shape index (κ2) is 9.11. The van der Waals surface area contributed by atoms with Crippen molar-refractivity contribution in [3.05, 3.63) is 74.8 Å². The summed E-state index contributed by atoms with van der Waals surface area (Å²) in [7, 11) is 0. The second-order valence-electron chi connectivity index (χ2n) is 8.74. The van der Waals surface area contributed by atoms with Crippen molar-refractivity contribution in [2.24, 2.45) is 0 Å². The lowest BCUT2D eigenvalue weighted by atomic mass is 10.0. The first-order chi connectivity index (χ1) is 15.7. The van der Waals surface area contributed by atoms with Crippen molar-refractivity contribution in [2.45, 2.75) is 26.3 Å². The summed E-state index contributed by atoms with van der Waals surface area (Å²) >= 11 is 0. The molecule has 0 aliphatic carbocycles. The predicted molar refractivity (Wildman–Crippen MR) is 121 cm³/mol. The summed E-state index contributed by atoms with van der Waals surface area (Å²) in [5.41, 5.74) is 2.32. The fourth-order valence-corrected chi connectivity index (χ4v) is 4.19. The minimum absolute atomic E-state index is 0.0321. The van der Waals surface area contributed by atoms with Gasteiger partial charge in [-0.05, 0) is 23.1 Å². The van der Waals surface area contributed by atoms with Crippen LogP contribution in [0.5, 0.6) is 0 Å². The van der Waals surface area contributed by atoms with Gasteiger partial charge in [0.2, 0.25) is 5.91 Å². The molecule has 1 saturated heterocycles. The van der Waals surface area contributed by atoms with Crippen LogP contribution in [0.15, 0.2) is 42.5 Å². The number of imide groups is 1. The van der Waals surface area contributed by atoms with Crippen LogP contribution in [0.3, 0.4) is 0 Å². The van der Waals surface area contributed by atoms with Gasteiger partial charge in [-0.15, -0.1) is 0 Å². The lowest BCUT2D eigenvalue weighted by Gasteiger charge is -2.35. The number of carbonyl (C=O) groups is 3. The Morgan fingerprint density at radius 1 is 0.970 bits per heavy atom. The lowest BCUT2D eigenvalue weighted by Crippen LogP contribution is -2.51. The number of rotatable bonds is 6. The normalized spacial score (nSPS) is 16.5. The Morgan fingerprint density at radius 3 is 2.21 bits per heavy atom. The molecule has 0 bridgehead atoms. The highest BCUT2D eigenvalue weighted by Crippen LogP contribution is 2.27. The van der Waals surface area contributed by atoms with E-state index in [4.69, 9.17) is 0 Å². The van der Waals surface area contributed by atoms with Gasteiger partial charge in [0.25, 0.3) is 17.5 Å². The van der Waals surface area contributed by atoms with Crippen LogP contribution in [-0.2, 0) is 11.3 Å². The molecule has 33 heavy (non-hydrogen) atoms. The molecule has 2 aliphatic heterocycles. The Morgan fingerprint density at radius 2 is 1.61 bits per heavy atom. The third kappa shape index (κ3) is 4.63. The summed E-state index contributed by atoms with van der Waals surface area (Å²) < 4.78 is 0. The first-order valence-corrected chi connectivity index (χ1v) is 11.0. The highest BCUT2D eigenvalue weighted by molar-refractivity contribution is 6.22. The number of benzene rings is 2. The highest BCUT2D eigenvalue weighted by atomic mass is 16.6. The van der Waals surface area contributed by atoms with Crippen molar-refractivity contribution in [2.75, 3.05) is 32.7 Å². The average Bonchev–Trinajstić information content (AvgIpc) is 3.04. The Hall–Kier alpha value is -3.59. The van der Waals surface area contributed by atoms with Gasteiger partial charge in [-0.25, -0.2) is 0 Å². The van der Waals surface area contributed by atoms with Gasteiger partial charge >= 0.3 is 0 Å². The topological polar surface area (TPSA) is 104 Å². The minimum atomic E-state index is -0.671. The zero-order valence-electron chi connectivity index (χ0n) is 18.7. The van der Waals surface area contributed by atoms with Crippen molar-refractivity contribution in [3.63, 3.8) is 0 Å². The third-order valence-corrected chi connectivity index (χ3v) is 6.24. The maximum absolute atomic E-state index is 12.8. The van der Waals surface area contributed by atoms with Gasteiger partial charge in [-0.1, -0.05) is 38.1 Å². The molecule has 2 aliphatic rings. The first-order valence-electron chi connectivity index (χ1n) is 11.0. The van der Waals surface area contributed by atoms with Crippen LogP contribution in [-0.4, -0.2) is 70.1 Å². The molecule has 2 heterocycles. The maximum Gasteiger partial charge on any atom is 0.270 e. The number of nitro groups is 1. The number of fused-ring (bicyclic) bond motifs is 1. The molecule has 9 nitrogen and oxygen atoms in total. The van der Waals surface area contributed by atoms with Gasteiger partial charge in [0.15, 0.2) is 0 Å². The maximum atomic E-state index is 12.8. The summed E-state index contributed by atoms with van der Waals surface area (Å²) in [6.07, 6.45) is 0. The number of amides is 3. The summed E-state index contributed by atoms with van der Waals surface area (Å²) in [5.74, 6) is -1.08. The fourth-order valence-electron chi connectivity index (χ4n) is 4.19. The molecule has 9 heteroatoms. The van der Waals surface area contributed by atoms with Gasteiger partial charge in [0, 0.05) is 44.9 Å². The van der Waals surface area contributed by atoms with E-state index >= 15 is 0 Å². The minimum Gasteiger partial charge on any atom is -0.339 e. The van der Waals surface area contributed by atoms with Crippen molar-refractivity contribution in [3.8, 4) is 0 Å². The van der Waals surface area contributed by atoms with E-state index in [9.17, 15) is 24.5 Å². The molecule has 0 radical (unpaired) electrons. The van der Waals surface area contributed by atoms with E-state index in [1.807, 2.05) is 0 Å². The van der Waals surface area contributed by atoms with Gasteiger partial charge in [-0.2, -0.15) is 0 Å². The molecular weight excluding hydrogens is 424 g/mol. The zero-order chi connectivity index (χ0) is 23.7. The number of carbonyl (C=O) groups excluding carboxylic acids is 3. The molecule has 0 unspecified atom stereocenters. The van der Waals surface area contributed by atoms with Crippen LogP contribution in [0.4, 0.5) is 5.69 Å². The fraction of sp³-hybridized carbons (Fsp3) is 0.375. The van der Waals surface area contributed by atoms with Crippen molar-refractivity contribution >= 4 is 23.4 Å². The van der Waals surface area contributed by atoms with Crippen molar-refractivity contribution < 1.29 is 19.3 Å². The van der Waals surface area contributed by atoms with E-state index in [1.165, 1.54) is 23.3 Å². The van der Waals surface area contributed by atoms with Crippen molar-refractivity contribution in [1.82, 2.24) is 14.7 Å². The zero-order valence-corrected chi connectivity index (χ0v) is 18.7. The molecule has 0 spiro atoms. The summed E-state index contributed by atoms with van der Waals surface area (Å²) in [6.45, 7) is 7.19. The molecule has 0 saturated carbocycles. The van der Waals surface area contributed by atoms with Crippen LogP contribution in [0.1, 0.15) is 51.6 Å². The number of hydrogen-bond acceptors (Lipinski definition) is 6. The van der Waals surface area contributed by atoms with Crippen molar-refractivity contribution in [1.29, 1.82) is 0 Å². The molecule has 2 aromatic carbocycles. The number of nitrogens with zero attached hydrogens (tertiary/aromatic N) is 4. The molecule has 172 valence electrons. The largest absolute Gasteiger partial charge is 0.339 e. The Bertz CT molecular complexity index is 1100. The Kier molecular flexibility index (Phi) is 6.24. The SMILES string of the molecule is CC(C)c1ccc(CN2CCN(C(=O)CN3C(=O)c4ccc([N+](=O)[O-])cc4C3=O)CC2)cc1. The van der Waals surface area contributed by atoms with Crippen LogP contribution in [0.25, 0.3) is 0 Å². The number of hydrogen-bond donors (Lipinski definition) is 0. The van der Waals surface area contributed by atoms with Crippen LogP contribution >= 0.6 is 0 Å². The molecule has 2 aromatic rings. The Balaban J connectivity index is 1.32. The van der Waals surface area contributed by atoms with E-state index in [0.717, 1.165) is 17.5 Å². The van der Waals surface area contributed by atoms with Crippen LogP contribution in [0, 0.1) is 10.1 Å². The lowest BCUT2D eigenvalue weighted by molar-refractivity contribution is -0.384. The van der Waals surface area contributed by atoms with Gasteiger partial charge in [0.05, 0.1) is 16.1 Å². The van der Waals surface area contributed by atoms with Crippen LogP contribution < -0.4 is 0 Å². The van der Waals surface area contributed by atoms with Gasteiger partial charge < -0.3 is 4.90 Å². The van der Waals surface area contributed by atoms with E-state index in [2.05, 4.69) is 43.0 Å². The Labute approximate surface area is 191 Å². The summed E-state index contributed by atoms with van der Waals surface area (Å²) in [4.78, 5) is 53.2. The predicted octanol–water partition coefficient (Wildman–Crippen LogP) is 2.66. The smallest absolute Gasteiger partial charge is 0.270 e. The van der Waals surface area contributed by atoms with Gasteiger partial charge in [0.1, 0.15) is 6.54 Å². The third-order valence-electron chi connectivity index (χ3n) is 6.24. The molecule has 4 rings (SSSR count). The average molecular weight is 450 g/mol. The van der Waals surface area contributed by atoms with E-state index < -0.39 is 16.7 Å². The van der Waals surface area contributed by atoms with Crippen LogP contribution in [0.2, 0.25) is 0 Å². The molecule has 3 amide bonds. The molecule has 0 aromatic heterocycles. The summed E-state index contributed by atoms with van der Waals surface area (Å²) in [5, 5.41) is 11.0. The molecule has 0 N–H and O–H groups in total. The molecule has 0 atom stereocenters. The molecule has 1 fully saturated rings. The standard InChI is InChI=1S/C24H26N4O5/c1-16(2)18-5-3-17(4-6-18)14-25-9-11-26(12-10-25)22(29)15-27-23(30)20-8-7-19(28(32)33)13-21(20)24(27)31/h3-8,13,16H,9-12,14-15H2,1-2H3. The highest BCUT2D eigenvalue weighted by Gasteiger charge is 2.38. The van der Waals surface area contributed by atoms with E-state index in [-0.39, 0.29) is 29.3 Å².